The van der Waals surface area contributed by atoms with Crippen molar-refractivity contribution in [1.29, 1.82) is 0 Å². The predicted octanol–water partition coefficient (Wildman–Crippen LogP) is 4.64. The van der Waals surface area contributed by atoms with Crippen molar-refractivity contribution in [1.82, 2.24) is 4.90 Å². The number of fused-ring (bicyclic) bond motifs is 1. The number of amides is 1. The number of hydrogen-bond acceptors (Lipinski definition) is 3. The molecule has 28 heavy (non-hydrogen) atoms. The van der Waals surface area contributed by atoms with Crippen LogP contribution in [0.5, 0.6) is 11.5 Å². The lowest BCUT2D eigenvalue weighted by molar-refractivity contribution is 0.0843. The van der Waals surface area contributed by atoms with Crippen LogP contribution in [0, 0.1) is 0 Å². The highest BCUT2D eigenvalue weighted by molar-refractivity contribution is 6.09. The quantitative estimate of drug-likeness (QED) is 0.711. The number of hydrogen-bond donors (Lipinski definition) is 1. The first kappa shape index (κ1) is 17.9. The van der Waals surface area contributed by atoms with Crippen molar-refractivity contribution >= 4 is 11.6 Å². The van der Waals surface area contributed by atoms with E-state index in [1.165, 1.54) is 0 Å². The Morgan fingerprint density at radius 2 is 1.68 bits per heavy atom. The van der Waals surface area contributed by atoms with Crippen molar-refractivity contribution in [2.75, 3.05) is 7.11 Å². The van der Waals surface area contributed by atoms with E-state index in [2.05, 4.69) is 6.08 Å². The molecule has 0 saturated heterocycles. The molecule has 3 aromatic carbocycles. The summed E-state index contributed by atoms with van der Waals surface area (Å²) in [6.07, 6.45) is 2.79. The van der Waals surface area contributed by atoms with Gasteiger partial charge in [0.15, 0.2) is 0 Å². The second-order valence-corrected chi connectivity index (χ2v) is 6.75. The van der Waals surface area contributed by atoms with Crippen LogP contribution in [0.3, 0.4) is 0 Å². The van der Waals surface area contributed by atoms with E-state index in [4.69, 9.17) is 4.74 Å². The molecule has 140 valence electrons. The first-order valence-electron chi connectivity index (χ1n) is 9.18. The molecule has 0 unspecified atom stereocenters. The van der Waals surface area contributed by atoms with Crippen molar-refractivity contribution in [3.63, 3.8) is 0 Å². The number of carbonyl (C=O) groups is 1. The minimum absolute atomic E-state index is 0.000525. The molecule has 0 saturated carbocycles. The minimum atomic E-state index is 0.000525. The summed E-state index contributed by atoms with van der Waals surface area (Å²) < 4.78 is 5.30. The lowest BCUT2D eigenvalue weighted by Crippen LogP contribution is -2.22. The average molecular weight is 371 g/mol. The highest BCUT2D eigenvalue weighted by Crippen LogP contribution is 2.34. The Kier molecular flexibility index (Phi) is 4.85. The maximum absolute atomic E-state index is 13.0. The van der Waals surface area contributed by atoms with E-state index in [1.54, 1.807) is 24.1 Å². The molecule has 1 aliphatic rings. The molecule has 1 N–H and O–H groups in total. The van der Waals surface area contributed by atoms with Gasteiger partial charge in [0.25, 0.3) is 5.91 Å². The Morgan fingerprint density at radius 1 is 0.929 bits per heavy atom. The summed E-state index contributed by atoms with van der Waals surface area (Å²) in [4.78, 5) is 14.8. The van der Waals surface area contributed by atoms with Gasteiger partial charge < -0.3 is 14.7 Å². The third-order valence-electron chi connectivity index (χ3n) is 4.91. The van der Waals surface area contributed by atoms with Crippen LogP contribution in [-0.4, -0.2) is 23.0 Å². The highest BCUT2D eigenvalue weighted by atomic mass is 16.5. The smallest absolute Gasteiger partial charge is 0.259 e. The lowest BCUT2D eigenvalue weighted by Gasteiger charge is -2.19. The molecule has 1 amide bonds. The molecule has 3 aromatic rings. The summed E-state index contributed by atoms with van der Waals surface area (Å²) >= 11 is 0. The molecular weight excluding hydrogens is 350 g/mol. The van der Waals surface area contributed by atoms with Crippen LogP contribution >= 0.6 is 0 Å². The van der Waals surface area contributed by atoms with Crippen LogP contribution in [0.15, 0.2) is 78.9 Å². The summed E-state index contributed by atoms with van der Waals surface area (Å²) in [5, 5.41) is 9.51. The van der Waals surface area contributed by atoms with Crippen LogP contribution in [0.4, 0.5) is 0 Å². The summed E-state index contributed by atoms with van der Waals surface area (Å²) in [6.45, 7) is 0.456. The molecule has 0 aromatic heterocycles. The van der Waals surface area contributed by atoms with Gasteiger partial charge in [-0.25, -0.2) is 0 Å². The van der Waals surface area contributed by atoms with E-state index in [9.17, 15) is 9.90 Å². The van der Waals surface area contributed by atoms with Gasteiger partial charge in [0, 0.05) is 16.8 Å². The largest absolute Gasteiger partial charge is 0.508 e. The predicted molar refractivity (Wildman–Crippen MR) is 109 cm³/mol. The first-order chi connectivity index (χ1) is 13.7. The molecule has 0 atom stereocenters. The molecular formula is C24H21NO3. The summed E-state index contributed by atoms with van der Waals surface area (Å²) in [5.41, 5.74) is 4.67. The fraction of sp³-hybridized carbons (Fsp3) is 0.125. The Labute approximate surface area is 164 Å². The van der Waals surface area contributed by atoms with Crippen LogP contribution in [0.25, 0.3) is 5.70 Å². The molecule has 0 fully saturated rings. The maximum atomic E-state index is 13.0. The first-order valence-corrected chi connectivity index (χ1v) is 9.18. The van der Waals surface area contributed by atoms with Gasteiger partial charge in [-0.1, -0.05) is 48.5 Å². The fourth-order valence-electron chi connectivity index (χ4n) is 3.47. The number of benzene rings is 3. The summed E-state index contributed by atoms with van der Waals surface area (Å²) in [7, 11) is 1.66. The zero-order chi connectivity index (χ0) is 19.5. The van der Waals surface area contributed by atoms with E-state index in [0.717, 1.165) is 33.7 Å². The Hall–Kier alpha value is -3.53. The second kappa shape index (κ2) is 7.61. The Balaban J connectivity index is 1.67. The van der Waals surface area contributed by atoms with Gasteiger partial charge in [-0.2, -0.15) is 0 Å². The van der Waals surface area contributed by atoms with Crippen molar-refractivity contribution in [2.24, 2.45) is 0 Å². The third kappa shape index (κ3) is 3.49. The van der Waals surface area contributed by atoms with Gasteiger partial charge in [0.1, 0.15) is 11.5 Å². The number of methoxy groups -OCH3 is 1. The van der Waals surface area contributed by atoms with Gasteiger partial charge in [-0.15, -0.1) is 0 Å². The van der Waals surface area contributed by atoms with E-state index in [0.29, 0.717) is 13.0 Å². The zero-order valence-corrected chi connectivity index (χ0v) is 15.6. The summed E-state index contributed by atoms with van der Waals surface area (Å²) in [5.74, 6) is 1.04. The molecule has 1 aliphatic heterocycles. The average Bonchev–Trinajstić information content (AvgIpc) is 3.00. The van der Waals surface area contributed by atoms with Crippen LogP contribution in [0.1, 0.15) is 27.0 Å². The van der Waals surface area contributed by atoms with Crippen molar-refractivity contribution in [3.05, 3.63) is 101 Å². The molecule has 0 spiro atoms. The second-order valence-electron chi connectivity index (χ2n) is 6.75. The number of phenols is 1. The van der Waals surface area contributed by atoms with Gasteiger partial charge in [0.2, 0.25) is 0 Å². The molecule has 0 bridgehead atoms. The van der Waals surface area contributed by atoms with Gasteiger partial charge in [-0.3, -0.25) is 4.79 Å². The number of nitrogens with zero attached hydrogens (tertiary/aromatic N) is 1. The van der Waals surface area contributed by atoms with E-state index in [1.807, 2.05) is 60.7 Å². The number of carbonyl (C=O) groups excluding carboxylic acids is 1. The molecule has 4 rings (SSSR count). The molecule has 4 nitrogen and oxygen atoms in total. The van der Waals surface area contributed by atoms with Crippen molar-refractivity contribution in [2.45, 2.75) is 13.0 Å². The summed E-state index contributed by atoms with van der Waals surface area (Å²) in [6, 6.07) is 22.6. The number of ether oxygens (including phenoxy) is 1. The SMILES string of the molecule is COc1cccc(C/C=C2\c3ccccc3C(=O)N2Cc2ccc(O)cc2)c1. The Morgan fingerprint density at radius 3 is 2.43 bits per heavy atom. The minimum Gasteiger partial charge on any atom is -0.508 e. The number of phenolic OH excluding ortho intramolecular Hbond substituents is 1. The van der Waals surface area contributed by atoms with Gasteiger partial charge >= 0.3 is 0 Å². The molecule has 1 heterocycles. The van der Waals surface area contributed by atoms with Crippen molar-refractivity contribution < 1.29 is 14.6 Å². The third-order valence-corrected chi connectivity index (χ3v) is 4.91. The van der Waals surface area contributed by atoms with E-state index < -0.39 is 0 Å². The van der Waals surface area contributed by atoms with Crippen LogP contribution in [-0.2, 0) is 13.0 Å². The van der Waals surface area contributed by atoms with Crippen LogP contribution < -0.4 is 4.74 Å². The number of rotatable bonds is 5. The van der Waals surface area contributed by atoms with E-state index in [-0.39, 0.29) is 11.7 Å². The van der Waals surface area contributed by atoms with Crippen LogP contribution in [0.2, 0.25) is 0 Å². The topological polar surface area (TPSA) is 49.8 Å². The lowest BCUT2D eigenvalue weighted by atomic mass is 10.1. The van der Waals surface area contributed by atoms with Crippen molar-refractivity contribution in [3.8, 4) is 11.5 Å². The molecule has 0 aliphatic carbocycles. The fourth-order valence-corrected chi connectivity index (χ4v) is 3.47. The number of aromatic hydroxyl groups is 1. The molecule has 0 radical (unpaired) electrons. The normalized spacial score (nSPS) is 14.4. The number of allylic oxidation sites excluding steroid dienone is 1. The van der Waals surface area contributed by atoms with E-state index >= 15 is 0 Å². The monoisotopic (exact) mass is 371 g/mol. The highest BCUT2D eigenvalue weighted by Gasteiger charge is 2.31. The standard InChI is InChI=1S/C24H21NO3/c1-28-20-6-4-5-17(15-20)11-14-23-21-7-2-3-8-22(21)24(27)25(23)16-18-9-12-19(26)13-10-18/h2-10,12-15,26H,11,16H2,1H3/b23-14+. The zero-order valence-electron chi connectivity index (χ0n) is 15.6. The Bertz CT molecular complexity index is 1040. The van der Waals surface area contributed by atoms with Gasteiger partial charge in [-0.05, 0) is 47.9 Å². The molecule has 4 heteroatoms. The maximum Gasteiger partial charge on any atom is 0.259 e. The van der Waals surface area contributed by atoms with Gasteiger partial charge in [0.05, 0.1) is 13.7 Å².